The number of piperidine rings is 1. The molecule has 4 rings (SSSR count). The first-order valence-corrected chi connectivity index (χ1v) is 12.5. The highest BCUT2D eigenvalue weighted by Crippen LogP contribution is 2.33. The van der Waals surface area contributed by atoms with Crippen LogP contribution < -0.4 is 0 Å². The van der Waals surface area contributed by atoms with Crippen LogP contribution in [0.2, 0.25) is 0 Å². The summed E-state index contributed by atoms with van der Waals surface area (Å²) in [6, 6.07) is 5.33. The minimum Gasteiger partial charge on any atom is -0.475 e. The zero-order chi connectivity index (χ0) is 28.5. The summed E-state index contributed by atoms with van der Waals surface area (Å²) in [7, 11) is 0. The van der Waals surface area contributed by atoms with Crippen LogP contribution in [0.25, 0.3) is 0 Å². The number of carbonyl (C=O) groups is 3. The van der Waals surface area contributed by atoms with Crippen molar-refractivity contribution in [3.05, 3.63) is 22.4 Å². The van der Waals surface area contributed by atoms with E-state index in [0.717, 1.165) is 65.3 Å². The van der Waals surface area contributed by atoms with Crippen LogP contribution in [0.5, 0.6) is 0 Å². The Morgan fingerprint density at radius 2 is 1.53 bits per heavy atom. The molecule has 1 aromatic rings. The molecule has 0 aromatic carbocycles. The number of likely N-dealkylation sites (tertiary alicyclic amines) is 2. The van der Waals surface area contributed by atoms with Crippen molar-refractivity contribution < 1.29 is 55.7 Å². The molecule has 3 aliphatic rings. The van der Waals surface area contributed by atoms with Crippen molar-refractivity contribution in [2.75, 3.05) is 45.9 Å². The molecule has 1 aromatic heterocycles. The minimum absolute atomic E-state index is 0.363. The number of carboxylic acid groups (broad SMARTS) is 2. The predicted molar refractivity (Wildman–Crippen MR) is 123 cm³/mol. The Labute approximate surface area is 218 Å². The first-order chi connectivity index (χ1) is 17.7. The van der Waals surface area contributed by atoms with E-state index in [1.54, 1.807) is 0 Å². The topological polar surface area (TPSA) is 111 Å². The number of nitrogens with zero attached hydrogens (tertiary/aromatic N) is 3. The van der Waals surface area contributed by atoms with E-state index in [4.69, 9.17) is 24.5 Å². The normalized spacial score (nSPS) is 22.6. The Kier molecular flexibility index (Phi) is 11.8. The maximum atomic E-state index is 12.5. The van der Waals surface area contributed by atoms with Gasteiger partial charge in [-0.3, -0.25) is 14.6 Å². The largest absolute Gasteiger partial charge is 0.490 e. The molecule has 0 aliphatic carbocycles. The van der Waals surface area contributed by atoms with Gasteiger partial charge in [0.05, 0.1) is 13.2 Å². The number of carbonyl (C=O) groups excluding carboxylic acids is 1. The molecule has 16 heteroatoms. The smallest absolute Gasteiger partial charge is 0.475 e. The van der Waals surface area contributed by atoms with Gasteiger partial charge in [0.15, 0.2) is 0 Å². The number of amides is 1. The van der Waals surface area contributed by atoms with Crippen molar-refractivity contribution >= 4 is 29.2 Å². The minimum atomic E-state index is -5.08. The summed E-state index contributed by atoms with van der Waals surface area (Å²) in [6.07, 6.45) is -7.29. The molecule has 216 valence electrons. The van der Waals surface area contributed by atoms with E-state index in [0.29, 0.717) is 24.4 Å². The monoisotopic (exact) mass is 577 g/mol. The van der Waals surface area contributed by atoms with Gasteiger partial charge in [-0.15, -0.1) is 11.3 Å². The summed E-state index contributed by atoms with van der Waals surface area (Å²) in [5, 5.41) is 16.4. The number of aliphatic carboxylic acids is 2. The fourth-order valence-electron chi connectivity index (χ4n) is 4.40. The molecule has 9 nitrogen and oxygen atoms in total. The second-order valence-electron chi connectivity index (χ2n) is 8.66. The van der Waals surface area contributed by atoms with Crippen LogP contribution in [-0.4, -0.2) is 113 Å². The van der Waals surface area contributed by atoms with Gasteiger partial charge in [0, 0.05) is 62.7 Å². The van der Waals surface area contributed by atoms with Crippen LogP contribution in [0, 0.1) is 0 Å². The van der Waals surface area contributed by atoms with Gasteiger partial charge in [-0.2, -0.15) is 26.3 Å². The van der Waals surface area contributed by atoms with E-state index in [1.165, 1.54) is 4.88 Å². The molecule has 3 fully saturated rings. The van der Waals surface area contributed by atoms with Crippen molar-refractivity contribution in [1.82, 2.24) is 14.7 Å². The molecular formula is C22H29F6N3O6S. The van der Waals surface area contributed by atoms with E-state index >= 15 is 0 Å². The summed E-state index contributed by atoms with van der Waals surface area (Å²) in [6.45, 7) is 7.69. The Hall–Kier alpha value is -2.43. The molecule has 0 spiro atoms. The second kappa shape index (κ2) is 14.1. The number of alkyl halides is 6. The van der Waals surface area contributed by atoms with E-state index in [9.17, 15) is 31.1 Å². The van der Waals surface area contributed by atoms with Gasteiger partial charge in [0.1, 0.15) is 0 Å². The van der Waals surface area contributed by atoms with Crippen molar-refractivity contribution in [2.24, 2.45) is 0 Å². The van der Waals surface area contributed by atoms with Gasteiger partial charge >= 0.3 is 24.3 Å². The number of halogens is 6. The van der Waals surface area contributed by atoms with Crippen LogP contribution >= 0.6 is 11.3 Å². The van der Waals surface area contributed by atoms with E-state index in [-0.39, 0.29) is 0 Å². The molecule has 38 heavy (non-hydrogen) atoms. The number of fused-ring (bicyclic) bond motifs is 1. The van der Waals surface area contributed by atoms with Gasteiger partial charge in [0.2, 0.25) is 5.91 Å². The molecule has 2 N–H and O–H groups in total. The average molecular weight is 578 g/mol. The fraction of sp³-hybridized carbons (Fsp3) is 0.682. The molecule has 1 amide bonds. The highest BCUT2D eigenvalue weighted by atomic mass is 32.1. The number of ether oxygens (including phenoxy) is 1. The molecule has 4 heterocycles. The van der Waals surface area contributed by atoms with Crippen LogP contribution in [-0.2, 0) is 25.7 Å². The number of rotatable bonds is 5. The number of hydrogen-bond acceptors (Lipinski definition) is 7. The Morgan fingerprint density at radius 1 is 0.947 bits per heavy atom. The lowest BCUT2D eigenvalue weighted by Gasteiger charge is -2.41. The third-order valence-corrected chi connectivity index (χ3v) is 7.05. The fourth-order valence-corrected chi connectivity index (χ4v) is 5.13. The predicted octanol–water partition coefficient (Wildman–Crippen LogP) is 2.91. The zero-order valence-corrected chi connectivity index (χ0v) is 21.0. The van der Waals surface area contributed by atoms with Crippen LogP contribution in [0.15, 0.2) is 17.5 Å². The number of hydrogen-bond donors (Lipinski definition) is 2. The molecular weight excluding hydrogens is 548 g/mol. The highest BCUT2D eigenvalue weighted by molar-refractivity contribution is 7.09. The molecule has 0 saturated carbocycles. The molecule has 0 unspecified atom stereocenters. The van der Waals surface area contributed by atoms with Gasteiger partial charge < -0.3 is 19.8 Å². The highest BCUT2D eigenvalue weighted by Gasteiger charge is 2.43. The first kappa shape index (κ1) is 31.8. The van der Waals surface area contributed by atoms with Crippen molar-refractivity contribution in [3.63, 3.8) is 0 Å². The Bertz CT molecular complexity index is 884. The molecule has 3 saturated heterocycles. The number of carboxylic acids is 2. The van der Waals surface area contributed by atoms with Crippen LogP contribution in [0.4, 0.5) is 26.3 Å². The average Bonchev–Trinajstić information content (AvgIpc) is 3.49. The number of thiophene rings is 1. The SMILES string of the molecule is O=C(O)C(F)(F)F.O=C(O)C(F)(F)F.O=C1CC[C@@H]2[C@@H](CCN2Cc2cccs2)N1CCN1CCOCC1. The summed E-state index contributed by atoms with van der Waals surface area (Å²) >= 11 is 1.84. The van der Waals surface area contributed by atoms with E-state index < -0.39 is 24.3 Å². The second-order valence-corrected chi connectivity index (χ2v) is 9.69. The molecule has 3 aliphatic heterocycles. The van der Waals surface area contributed by atoms with Crippen LogP contribution in [0.3, 0.4) is 0 Å². The number of morpholine rings is 1. The summed E-state index contributed by atoms with van der Waals surface area (Å²) in [5.74, 6) is -5.15. The Balaban J connectivity index is 0.000000301. The summed E-state index contributed by atoms with van der Waals surface area (Å²) in [5.41, 5.74) is 0. The van der Waals surface area contributed by atoms with Gasteiger partial charge in [-0.1, -0.05) is 6.07 Å². The van der Waals surface area contributed by atoms with Gasteiger partial charge in [0.25, 0.3) is 0 Å². The third-order valence-electron chi connectivity index (χ3n) is 6.18. The van der Waals surface area contributed by atoms with Crippen molar-refractivity contribution in [1.29, 1.82) is 0 Å². The van der Waals surface area contributed by atoms with E-state index in [2.05, 4.69) is 32.2 Å². The molecule has 0 bridgehead atoms. The summed E-state index contributed by atoms with van der Waals surface area (Å²) < 4.78 is 68.9. The van der Waals surface area contributed by atoms with Gasteiger partial charge in [-0.05, 0) is 24.3 Å². The van der Waals surface area contributed by atoms with Crippen molar-refractivity contribution in [3.8, 4) is 0 Å². The molecule has 0 radical (unpaired) electrons. The zero-order valence-electron chi connectivity index (χ0n) is 20.2. The van der Waals surface area contributed by atoms with E-state index in [1.807, 2.05) is 11.3 Å². The lowest BCUT2D eigenvalue weighted by Crippen LogP contribution is -2.54. The quantitative estimate of drug-likeness (QED) is 0.515. The van der Waals surface area contributed by atoms with Crippen LogP contribution in [0.1, 0.15) is 24.1 Å². The third kappa shape index (κ3) is 10.0. The van der Waals surface area contributed by atoms with Crippen molar-refractivity contribution in [2.45, 2.75) is 50.2 Å². The maximum Gasteiger partial charge on any atom is 0.490 e. The first-order valence-electron chi connectivity index (χ1n) is 11.7. The Morgan fingerprint density at radius 3 is 2.03 bits per heavy atom. The maximum absolute atomic E-state index is 12.5. The lowest BCUT2D eigenvalue weighted by atomic mass is 9.96. The standard InChI is InChI=1S/C18H27N3O2S.2C2HF3O2/c22-18-4-3-16-17(5-6-20(16)14-15-2-1-13-24-15)21(18)8-7-19-9-11-23-12-10-19;2*3-2(4,5)1(6)7/h1-2,13,16-17H,3-12,14H2;2*(H,6,7)/t16-,17-;;/m1../s1. The van der Waals surface area contributed by atoms with Gasteiger partial charge in [-0.25, -0.2) is 9.59 Å². The summed E-state index contributed by atoms with van der Waals surface area (Å²) in [4.78, 5) is 39.0. The molecule has 2 atom stereocenters. The lowest BCUT2D eigenvalue weighted by molar-refractivity contribution is -0.193.